The Morgan fingerprint density at radius 1 is 0.811 bits per heavy atom. The Bertz CT molecular complexity index is 1590. The molecule has 37 heavy (non-hydrogen) atoms. The molecule has 13 nitrogen and oxygen atoms in total. The van der Waals surface area contributed by atoms with Crippen molar-refractivity contribution in [3.8, 4) is 28.7 Å². The van der Waals surface area contributed by atoms with Crippen molar-refractivity contribution in [2.24, 2.45) is 0 Å². The van der Waals surface area contributed by atoms with Gasteiger partial charge < -0.3 is 53.7 Å². The van der Waals surface area contributed by atoms with Crippen LogP contribution in [0.3, 0.4) is 0 Å². The lowest BCUT2D eigenvalue weighted by Crippen LogP contribution is -2.60. The summed E-state index contributed by atoms with van der Waals surface area (Å²) in [5, 5.41) is 61.4. The average Bonchev–Trinajstić information content (AvgIpc) is 2.88. The van der Waals surface area contributed by atoms with Crippen LogP contribution in [0.2, 0.25) is 0 Å². The minimum atomic E-state index is -1.81. The van der Waals surface area contributed by atoms with E-state index in [2.05, 4.69) is 0 Å². The highest BCUT2D eigenvalue weighted by Gasteiger charge is 2.45. The van der Waals surface area contributed by atoms with E-state index in [9.17, 15) is 40.2 Å². The van der Waals surface area contributed by atoms with E-state index in [1.54, 1.807) is 0 Å². The molecule has 5 rings (SSSR count). The predicted octanol–water partition coefficient (Wildman–Crippen LogP) is 0.282. The number of hydrogen-bond donors (Lipinski definition) is 6. The summed E-state index contributed by atoms with van der Waals surface area (Å²) in [4.78, 5) is 23.7. The number of ether oxygens (including phenoxy) is 3. The maximum atomic E-state index is 11.9. The highest BCUT2D eigenvalue weighted by atomic mass is 16.7. The zero-order valence-electron chi connectivity index (χ0n) is 18.7. The molecule has 1 aliphatic heterocycles. The van der Waals surface area contributed by atoms with Gasteiger partial charge in [-0.15, -0.1) is 0 Å². The van der Waals surface area contributed by atoms with Gasteiger partial charge in [0.2, 0.25) is 17.8 Å². The topological polar surface area (TPSA) is 209 Å². The van der Waals surface area contributed by atoms with Gasteiger partial charge in [0.05, 0.1) is 12.0 Å². The van der Waals surface area contributed by atoms with E-state index >= 15 is 0 Å². The molecule has 5 atom stereocenters. The molecule has 6 N–H and O–H groups in total. The first-order valence-corrected chi connectivity index (χ1v) is 10.9. The van der Waals surface area contributed by atoms with Crippen molar-refractivity contribution >= 4 is 21.9 Å². The Morgan fingerprint density at radius 2 is 1.49 bits per heavy atom. The van der Waals surface area contributed by atoms with Crippen molar-refractivity contribution in [2.75, 3.05) is 6.61 Å². The molecule has 3 heterocycles. The Labute approximate surface area is 205 Å². The molecule has 1 saturated heterocycles. The molecule has 0 aliphatic carbocycles. The monoisotopic (exact) mass is 516 g/mol. The third kappa shape index (κ3) is 4.34. The van der Waals surface area contributed by atoms with Gasteiger partial charge in [0.15, 0.2) is 22.7 Å². The largest absolute Gasteiger partial charge is 0.504 e. The molecule has 0 bridgehead atoms. The van der Waals surface area contributed by atoms with Crippen molar-refractivity contribution in [1.29, 1.82) is 0 Å². The van der Waals surface area contributed by atoms with Gasteiger partial charge in [-0.05, 0) is 24.3 Å². The van der Waals surface area contributed by atoms with Gasteiger partial charge in [-0.1, -0.05) is 0 Å². The molecule has 4 aromatic rings. The molecular weight excluding hydrogens is 496 g/mol. The highest BCUT2D eigenvalue weighted by Crippen LogP contribution is 2.45. The van der Waals surface area contributed by atoms with Gasteiger partial charge in [-0.2, -0.15) is 0 Å². The van der Waals surface area contributed by atoms with Crippen molar-refractivity contribution < 1.29 is 53.7 Å². The molecule has 0 unspecified atom stereocenters. The number of aliphatic hydroxyl groups excluding tert-OH is 4. The van der Waals surface area contributed by atoms with Gasteiger partial charge in [0.1, 0.15) is 30.2 Å². The van der Waals surface area contributed by atoms with Gasteiger partial charge in [0, 0.05) is 23.6 Å². The first-order chi connectivity index (χ1) is 17.7. The molecular formula is C24H20O13. The van der Waals surface area contributed by atoms with Crippen LogP contribution in [0, 0.1) is 0 Å². The van der Waals surface area contributed by atoms with Crippen molar-refractivity contribution in [3.63, 3.8) is 0 Å². The van der Waals surface area contributed by atoms with Crippen molar-refractivity contribution in [1.82, 2.24) is 0 Å². The van der Waals surface area contributed by atoms with Crippen LogP contribution in [0.15, 0.2) is 60.9 Å². The lowest BCUT2D eigenvalue weighted by atomic mass is 9.99. The van der Waals surface area contributed by atoms with Crippen molar-refractivity contribution in [2.45, 2.75) is 30.7 Å². The number of fused-ring (bicyclic) bond motifs is 2. The fraction of sp³-hybridized carbons (Fsp3) is 0.250. The normalized spacial score (nSPS) is 23.8. The zero-order valence-corrected chi connectivity index (χ0v) is 18.7. The Balaban J connectivity index is 1.63. The second kappa shape index (κ2) is 9.38. The fourth-order valence-corrected chi connectivity index (χ4v) is 3.93. The van der Waals surface area contributed by atoms with Crippen LogP contribution in [-0.2, 0) is 4.74 Å². The summed E-state index contributed by atoms with van der Waals surface area (Å²) < 4.78 is 27.0. The molecule has 194 valence electrons. The number of aliphatic hydroxyl groups is 4. The van der Waals surface area contributed by atoms with E-state index in [1.165, 1.54) is 30.3 Å². The minimum Gasteiger partial charge on any atom is -0.504 e. The van der Waals surface area contributed by atoms with Crippen LogP contribution in [0.1, 0.15) is 0 Å². The number of rotatable bonds is 5. The fourth-order valence-electron chi connectivity index (χ4n) is 3.93. The van der Waals surface area contributed by atoms with Crippen LogP contribution in [0.5, 0.6) is 28.7 Å². The Morgan fingerprint density at radius 3 is 2.22 bits per heavy atom. The standard InChI is InChI=1S/C24H20O13/c25-8-14-17(29)19(31)20(32)24(35-14)34-13-7-12(10-3-6-16(28)37-22(10)18(13)30)33-23-11(26)4-1-9-2-5-15(27)36-21(9)23/h1-7,14,17,19-20,24-26,29-32H,8H2/t14-,17-,19+,20-,24-/m1/s1. The first kappa shape index (κ1) is 24.5. The quantitative estimate of drug-likeness (QED) is 0.197. The number of phenolic OH excluding ortho intramolecular Hbond substituents is 2. The van der Waals surface area contributed by atoms with E-state index in [-0.39, 0.29) is 22.5 Å². The molecule has 2 aromatic heterocycles. The van der Waals surface area contributed by atoms with Gasteiger partial charge >= 0.3 is 11.3 Å². The van der Waals surface area contributed by atoms with E-state index in [0.29, 0.717) is 5.39 Å². The maximum Gasteiger partial charge on any atom is 0.336 e. The zero-order chi connectivity index (χ0) is 26.4. The van der Waals surface area contributed by atoms with E-state index in [0.717, 1.165) is 12.1 Å². The lowest BCUT2D eigenvalue weighted by molar-refractivity contribution is -0.277. The SMILES string of the molecule is O=c1ccc2ccc(O)c(Oc3cc(O[C@@H]4O[C@H](CO)[C@@H](O)[C@H](O)[C@H]4O)c(O)c4oc(=O)ccc34)c2o1. The van der Waals surface area contributed by atoms with Crippen LogP contribution in [0.25, 0.3) is 21.9 Å². The summed E-state index contributed by atoms with van der Waals surface area (Å²) >= 11 is 0. The summed E-state index contributed by atoms with van der Waals surface area (Å²) in [7, 11) is 0. The minimum absolute atomic E-state index is 0.0490. The summed E-state index contributed by atoms with van der Waals surface area (Å²) in [5.41, 5.74) is -2.04. The number of benzene rings is 2. The third-order valence-electron chi connectivity index (χ3n) is 5.84. The smallest absolute Gasteiger partial charge is 0.336 e. The number of aromatic hydroxyl groups is 2. The third-order valence-corrected chi connectivity index (χ3v) is 5.84. The first-order valence-electron chi connectivity index (χ1n) is 10.9. The molecule has 0 spiro atoms. The molecule has 2 aromatic carbocycles. The predicted molar refractivity (Wildman–Crippen MR) is 123 cm³/mol. The lowest BCUT2D eigenvalue weighted by Gasteiger charge is -2.39. The van der Waals surface area contributed by atoms with E-state index in [4.69, 9.17) is 23.0 Å². The second-order valence-electron chi connectivity index (χ2n) is 8.22. The van der Waals surface area contributed by atoms with Crippen molar-refractivity contribution in [3.05, 3.63) is 63.3 Å². The summed E-state index contributed by atoms with van der Waals surface area (Å²) in [6.07, 6.45) is -8.20. The van der Waals surface area contributed by atoms with E-state index < -0.39 is 71.4 Å². The molecule has 0 radical (unpaired) electrons. The molecule has 1 aliphatic rings. The van der Waals surface area contributed by atoms with Gasteiger partial charge in [-0.25, -0.2) is 9.59 Å². The average molecular weight is 516 g/mol. The molecule has 13 heteroatoms. The van der Waals surface area contributed by atoms with Gasteiger partial charge in [-0.3, -0.25) is 0 Å². The summed E-state index contributed by atoms with van der Waals surface area (Å²) in [6.45, 7) is -0.719. The summed E-state index contributed by atoms with van der Waals surface area (Å²) in [5.74, 6) is -1.98. The Hall–Kier alpha value is -4.14. The number of phenols is 2. The molecule has 1 fully saturated rings. The van der Waals surface area contributed by atoms with Crippen LogP contribution >= 0.6 is 0 Å². The van der Waals surface area contributed by atoms with Crippen LogP contribution in [-0.4, -0.2) is 68.0 Å². The highest BCUT2D eigenvalue weighted by molar-refractivity contribution is 5.92. The molecule has 0 amide bonds. The van der Waals surface area contributed by atoms with Crippen LogP contribution in [0.4, 0.5) is 0 Å². The summed E-state index contributed by atoms with van der Waals surface area (Å²) in [6, 6.07) is 8.85. The second-order valence-corrected chi connectivity index (χ2v) is 8.22. The van der Waals surface area contributed by atoms with Crippen LogP contribution < -0.4 is 20.7 Å². The maximum absolute atomic E-state index is 11.9. The van der Waals surface area contributed by atoms with Gasteiger partial charge in [0.25, 0.3) is 0 Å². The Kier molecular flexibility index (Phi) is 6.23. The molecule has 0 saturated carbocycles. The number of hydrogen-bond acceptors (Lipinski definition) is 13. The van der Waals surface area contributed by atoms with E-state index in [1.807, 2.05) is 0 Å².